The highest BCUT2D eigenvalue weighted by Gasteiger charge is 2.17. The molecule has 0 atom stereocenters. The number of hydrogen-bond donors (Lipinski definition) is 0. The lowest BCUT2D eigenvalue weighted by Gasteiger charge is -2.12. The summed E-state index contributed by atoms with van der Waals surface area (Å²) in [6.45, 7) is 0. The Bertz CT molecular complexity index is 1550. The average molecular weight is 407 g/mol. The van der Waals surface area contributed by atoms with Crippen molar-refractivity contribution < 1.29 is 4.42 Å². The summed E-state index contributed by atoms with van der Waals surface area (Å²) in [6, 6.07) is 30.6. The minimum absolute atomic E-state index is 0.367. The van der Waals surface area contributed by atoms with Crippen LogP contribution in [0.2, 0.25) is 5.15 Å². The van der Waals surface area contributed by atoms with Crippen LogP contribution in [0.25, 0.3) is 55.4 Å². The molecule has 0 amide bonds. The SMILES string of the molecule is Clc1nc2c(nc1-c1ccc(-c3ccccc3)c3ccccc13)oc1ccccc12. The van der Waals surface area contributed by atoms with Gasteiger partial charge in [-0.3, -0.25) is 0 Å². The number of benzene rings is 4. The van der Waals surface area contributed by atoms with E-state index in [4.69, 9.17) is 21.0 Å². The Morgan fingerprint density at radius 1 is 0.600 bits per heavy atom. The lowest BCUT2D eigenvalue weighted by atomic mass is 9.94. The maximum atomic E-state index is 6.64. The van der Waals surface area contributed by atoms with Crippen LogP contribution in [0.1, 0.15) is 0 Å². The monoisotopic (exact) mass is 406 g/mol. The third-order valence-electron chi connectivity index (χ3n) is 5.43. The van der Waals surface area contributed by atoms with Crippen LogP contribution in [-0.2, 0) is 0 Å². The van der Waals surface area contributed by atoms with Crippen LogP contribution in [0, 0.1) is 0 Å². The van der Waals surface area contributed by atoms with Crippen molar-refractivity contribution in [2.45, 2.75) is 0 Å². The maximum Gasteiger partial charge on any atom is 0.247 e. The molecule has 142 valence electrons. The molecular formula is C26H15ClN2O. The van der Waals surface area contributed by atoms with Crippen molar-refractivity contribution in [2.24, 2.45) is 0 Å². The first kappa shape index (κ1) is 17.2. The second-order valence-corrected chi connectivity index (χ2v) is 7.55. The molecule has 0 aliphatic heterocycles. The fourth-order valence-corrected chi connectivity index (χ4v) is 4.28. The summed E-state index contributed by atoms with van der Waals surface area (Å²) < 4.78 is 5.94. The fourth-order valence-electron chi connectivity index (χ4n) is 4.05. The zero-order valence-electron chi connectivity index (χ0n) is 15.8. The summed E-state index contributed by atoms with van der Waals surface area (Å²) >= 11 is 6.64. The molecule has 0 aliphatic rings. The smallest absolute Gasteiger partial charge is 0.247 e. The van der Waals surface area contributed by atoms with Crippen LogP contribution in [0.15, 0.2) is 95.4 Å². The van der Waals surface area contributed by atoms with Crippen LogP contribution in [0.5, 0.6) is 0 Å². The number of aromatic nitrogens is 2. The Morgan fingerprint density at radius 2 is 1.23 bits per heavy atom. The quantitative estimate of drug-likeness (QED) is 0.298. The number of hydrogen-bond acceptors (Lipinski definition) is 3. The molecule has 30 heavy (non-hydrogen) atoms. The second-order valence-electron chi connectivity index (χ2n) is 7.19. The predicted octanol–water partition coefficient (Wildman–Crippen LogP) is 7.52. The van der Waals surface area contributed by atoms with E-state index >= 15 is 0 Å². The van der Waals surface area contributed by atoms with E-state index in [0.717, 1.165) is 27.3 Å². The predicted molar refractivity (Wildman–Crippen MR) is 123 cm³/mol. The molecule has 6 rings (SSSR count). The van der Waals surface area contributed by atoms with Gasteiger partial charge in [-0.15, -0.1) is 0 Å². The van der Waals surface area contributed by atoms with Gasteiger partial charge in [0.2, 0.25) is 5.71 Å². The fraction of sp³-hybridized carbons (Fsp3) is 0. The van der Waals surface area contributed by atoms with Crippen molar-refractivity contribution in [3.63, 3.8) is 0 Å². The summed E-state index contributed by atoms with van der Waals surface area (Å²) in [5.41, 5.74) is 5.83. The Kier molecular flexibility index (Phi) is 3.83. The second kappa shape index (κ2) is 6.68. The molecule has 0 fully saturated rings. The van der Waals surface area contributed by atoms with Crippen LogP contribution < -0.4 is 0 Å². The number of para-hydroxylation sites is 1. The van der Waals surface area contributed by atoms with Gasteiger partial charge in [-0.25, -0.2) is 9.97 Å². The van der Waals surface area contributed by atoms with Gasteiger partial charge in [0.15, 0.2) is 5.15 Å². The summed E-state index contributed by atoms with van der Waals surface area (Å²) in [5, 5.41) is 3.50. The van der Waals surface area contributed by atoms with E-state index in [1.807, 2.05) is 42.5 Å². The first-order chi connectivity index (χ1) is 14.8. The van der Waals surface area contributed by atoms with Gasteiger partial charge in [-0.2, -0.15) is 0 Å². The minimum atomic E-state index is 0.367. The Morgan fingerprint density at radius 3 is 2.03 bits per heavy atom. The largest absolute Gasteiger partial charge is 0.436 e. The number of furan rings is 1. The summed E-state index contributed by atoms with van der Waals surface area (Å²) in [6.07, 6.45) is 0. The number of nitrogens with zero attached hydrogens (tertiary/aromatic N) is 2. The molecule has 0 N–H and O–H groups in total. The average Bonchev–Trinajstić information content (AvgIpc) is 3.16. The molecule has 4 aromatic carbocycles. The minimum Gasteiger partial charge on any atom is -0.436 e. The third-order valence-corrected chi connectivity index (χ3v) is 5.70. The molecule has 0 saturated carbocycles. The van der Waals surface area contributed by atoms with E-state index in [9.17, 15) is 0 Å². The van der Waals surface area contributed by atoms with Crippen molar-refractivity contribution in [3.05, 3.63) is 96.1 Å². The standard InChI is InChI=1S/C26H15ClN2O/c27-25-23(29-26-24(28-25)21-12-6-7-13-22(21)30-26)20-15-14-17(16-8-2-1-3-9-16)18-10-4-5-11-19(18)20/h1-15H. The molecule has 2 aromatic heterocycles. The molecule has 0 unspecified atom stereocenters. The highest BCUT2D eigenvalue weighted by atomic mass is 35.5. The topological polar surface area (TPSA) is 38.9 Å². The van der Waals surface area contributed by atoms with Gasteiger partial charge >= 0.3 is 0 Å². The lowest BCUT2D eigenvalue weighted by molar-refractivity contribution is 0.653. The molecule has 6 aromatic rings. The summed E-state index contributed by atoms with van der Waals surface area (Å²) in [5.74, 6) is 0. The van der Waals surface area contributed by atoms with Gasteiger partial charge in [-0.05, 0) is 34.0 Å². The maximum absolute atomic E-state index is 6.64. The van der Waals surface area contributed by atoms with Crippen LogP contribution >= 0.6 is 11.6 Å². The zero-order chi connectivity index (χ0) is 20.1. The molecule has 0 bridgehead atoms. The van der Waals surface area contributed by atoms with Crippen molar-refractivity contribution in [1.29, 1.82) is 0 Å². The molecule has 0 aliphatic carbocycles. The Labute approximate surface area is 177 Å². The van der Waals surface area contributed by atoms with Crippen LogP contribution in [-0.4, -0.2) is 9.97 Å². The van der Waals surface area contributed by atoms with E-state index in [0.29, 0.717) is 22.1 Å². The van der Waals surface area contributed by atoms with Gasteiger partial charge < -0.3 is 4.42 Å². The van der Waals surface area contributed by atoms with E-state index in [2.05, 4.69) is 53.5 Å². The number of rotatable bonds is 2. The first-order valence-corrected chi connectivity index (χ1v) is 10.1. The van der Waals surface area contributed by atoms with Gasteiger partial charge in [-0.1, -0.05) is 90.5 Å². The number of fused-ring (bicyclic) bond motifs is 4. The molecular weight excluding hydrogens is 392 g/mol. The molecule has 0 spiro atoms. The number of halogens is 1. The van der Waals surface area contributed by atoms with Gasteiger partial charge in [0, 0.05) is 10.9 Å². The van der Waals surface area contributed by atoms with Gasteiger partial charge in [0.1, 0.15) is 16.8 Å². The van der Waals surface area contributed by atoms with Crippen LogP contribution in [0.4, 0.5) is 0 Å². The molecule has 0 radical (unpaired) electrons. The van der Waals surface area contributed by atoms with Crippen molar-refractivity contribution in [2.75, 3.05) is 0 Å². The molecule has 2 heterocycles. The van der Waals surface area contributed by atoms with Gasteiger partial charge in [0.05, 0.1) is 0 Å². The Hall–Kier alpha value is -3.69. The van der Waals surface area contributed by atoms with Crippen molar-refractivity contribution in [1.82, 2.24) is 9.97 Å². The Balaban J connectivity index is 1.63. The molecule has 0 saturated heterocycles. The zero-order valence-corrected chi connectivity index (χ0v) is 16.6. The van der Waals surface area contributed by atoms with Crippen LogP contribution in [0.3, 0.4) is 0 Å². The normalized spacial score (nSPS) is 11.5. The molecule has 4 heteroatoms. The van der Waals surface area contributed by atoms with E-state index < -0.39 is 0 Å². The highest BCUT2D eigenvalue weighted by molar-refractivity contribution is 6.33. The first-order valence-electron chi connectivity index (χ1n) is 9.72. The lowest BCUT2D eigenvalue weighted by Crippen LogP contribution is -1.92. The summed E-state index contributed by atoms with van der Waals surface area (Å²) in [7, 11) is 0. The van der Waals surface area contributed by atoms with Crippen molar-refractivity contribution in [3.8, 4) is 22.4 Å². The molecule has 3 nitrogen and oxygen atoms in total. The van der Waals surface area contributed by atoms with E-state index in [1.54, 1.807) is 0 Å². The van der Waals surface area contributed by atoms with Crippen molar-refractivity contribution >= 4 is 44.6 Å². The summed E-state index contributed by atoms with van der Waals surface area (Å²) in [4.78, 5) is 9.41. The van der Waals surface area contributed by atoms with E-state index in [1.165, 1.54) is 11.1 Å². The van der Waals surface area contributed by atoms with Gasteiger partial charge in [0.25, 0.3) is 0 Å². The third kappa shape index (κ3) is 2.60. The van der Waals surface area contributed by atoms with E-state index in [-0.39, 0.29) is 0 Å². The highest BCUT2D eigenvalue weighted by Crippen LogP contribution is 2.38.